The highest BCUT2D eigenvalue weighted by Crippen LogP contribution is 2.40. The van der Waals surface area contributed by atoms with Crippen LogP contribution in [0.1, 0.15) is 29.8 Å². The van der Waals surface area contributed by atoms with Gasteiger partial charge in [0.2, 0.25) is 0 Å². The molecule has 0 fully saturated rings. The van der Waals surface area contributed by atoms with Crippen molar-refractivity contribution in [1.82, 2.24) is 0 Å². The van der Waals surface area contributed by atoms with Crippen LogP contribution in [-0.2, 0) is 0 Å². The van der Waals surface area contributed by atoms with Crippen molar-refractivity contribution in [2.24, 2.45) is 0 Å². The highest BCUT2D eigenvalue weighted by molar-refractivity contribution is 5.38. The maximum Gasteiger partial charge on any atom is 0.130 e. The van der Waals surface area contributed by atoms with Crippen molar-refractivity contribution in [3.63, 3.8) is 0 Å². The second-order valence-electron chi connectivity index (χ2n) is 4.42. The zero-order valence-electron chi connectivity index (χ0n) is 9.71. The van der Waals surface area contributed by atoms with Gasteiger partial charge in [-0.05, 0) is 12.1 Å². The minimum Gasteiger partial charge on any atom is -0.485 e. The molecule has 0 amide bonds. The second kappa shape index (κ2) is 4.42. The molecule has 1 aliphatic heterocycles. The van der Waals surface area contributed by atoms with Gasteiger partial charge in [0.1, 0.15) is 17.7 Å². The summed E-state index contributed by atoms with van der Waals surface area (Å²) < 4.78 is 19.5. The number of ether oxygens (including phenoxy) is 1. The second-order valence-corrected chi connectivity index (χ2v) is 4.42. The first-order chi connectivity index (χ1) is 8.75. The van der Waals surface area contributed by atoms with Crippen molar-refractivity contribution in [2.75, 3.05) is 0 Å². The molecule has 0 saturated heterocycles. The fourth-order valence-electron chi connectivity index (χ4n) is 2.32. The molecule has 1 aliphatic rings. The number of hydrogen-bond donors (Lipinski definition) is 1. The van der Waals surface area contributed by atoms with E-state index in [1.807, 2.05) is 18.2 Å². The Morgan fingerprint density at radius 2 is 1.67 bits per heavy atom. The Balaban J connectivity index is 1.97. The Bertz CT molecular complexity index is 568. The van der Waals surface area contributed by atoms with E-state index in [2.05, 4.69) is 0 Å². The van der Waals surface area contributed by atoms with E-state index >= 15 is 0 Å². The third kappa shape index (κ3) is 1.87. The largest absolute Gasteiger partial charge is 0.485 e. The molecule has 3 rings (SSSR count). The molecule has 18 heavy (non-hydrogen) atoms. The Kier molecular flexibility index (Phi) is 2.76. The summed E-state index contributed by atoms with van der Waals surface area (Å²) in [6.07, 6.45) is -0.673. The summed E-state index contributed by atoms with van der Waals surface area (Å²) in [5.74, 6) is 0.332. The lowest BCUT2D eigenvalue weighted by molar-refractivity contribution is 0.0640. The summed E-state index contributed by atoms with van der Waals surface area (Å²) in [6.45, 7) is 0. The van der Waals surface area contributed by atoms with Crippen LogP contribution in [0.2, 0.25) is 0 Å². The molecular formula is C15H13FO2. The van der Waals surface area contributed by atoms with E-state index in [0.717, 1.165) is 5.56 Å². The van der Waals surface area contributed by atoms with Gasteiger partial charge in [0.15, 0.2) is 0 Å². The molecule has 1 unspecified atom stereocenters. The fraction of sp³-hybridized carbons (Fsp3) is 0.200. The summed E-state index contributed by atoms with van der Waals surface area (Å²) in [4.78, 5) is 0. The lowest BCUT2D eigenvalue weighted by Crippen LogP contribution is -2.19. The predicted molar refractivity (Wildman–Crippen MR) is 65.8 cm³/mol. The molecule has 0 bridgehead atoms. The van der Waals surface area contributed by atoms with Crippen molar-refractivity contribution >= 4 is 0 Å². The van der Waals surface area contributed by atoms with Crippen LogP contribution in [0.3, 0.4) is 0 Å². The first-order valence-corrected chi connectivity index (χ1v) is 5.94. The molecule has 1 heterocycles. The van der Waals surface area contributed by atoms with E-state index in [1.165, 1.54) is 6.07 Å². The van der Waals surface area contributed by atoms with Crippen LogP contribution in [0.5, 0.6) is 5.75 Å². The van der Waals surface area contributed by atoms with Gasteiger partial charge in [0.25, 0.3) is 0 Å². The Morgan fingerprint density at radius 1 is 1.00 bits per heavy atom. The fourth-order valence-corrected chi connectivity index (χ4v) is 2.32. The van der Waals surface area contributed by atoms with E-state index in [0.29, 0.717) is 17.7 Å². The minimum absolute atomic E-state index is 0.297. The van der Waals surface area contributed by atoms with Crippen molar-refractivity contribution in [3.05, 3.63) is 65.5 Å². The van der Waals surface area contributed by atoms with E-state index in [9.17, 15) is 9.50 Å². The van der Waals surface area contributed by atoms with Crippen molar-refractivity contribution < 1.29 is 14.2 Å². The lowest BCUT2D eigenvalue weighted by Gasteiger charge is -2.29. The van der Waals surface area contributed by atoms with Gasteiger partial charge in [-0.3, -0.25) is 0 Å². The maximum atomic E-state index is 13.7. The molecule has 0 spiro atoms. The zero-order valence-corrected chi connectivity index (χ0v) is 9.71. The standard InChI is InChI=1S/C15H13FO2/c16-12-7-3-1-5-10(12)15-9-13(17)11-6-2-4-8-14(11)18-15/h1-8,13,15,17H,9H2/t13-,15?/m0/s1. The normalized spacial score (nSPS) is 22.1. The van der Waals surface area contributed by atoms with Gasteiger partial charge in [-0.2, -0.15) is 0 Å². The third-order valence-corrected chi connectivity index (χ3v) is 3.24. The number of hydrogen-bond acceptors (Lipinski definition) is 2. The summed E-state index contributed by atoms with van der Waals surface area (Å²) in [7, 11) is 0. The van der Waals surface area contributed by atoms with E-state index in [1.54, 1.807) is 24.3 Å². The molecule has 3 heteroatoms. The van der Waals surface area contributed by atoms with Crippen LogP contribution in [0.4, 0.5) is 4.39 Å². The summed E-state index contributed by atoms with van der Waals surface area (Å²) in [6, 6.07) is 13.8. The number of benzene rings is 2. The quantitative estimate of drug-likeness (QED) is 0.833. The summed E-state index contributed by atoms with van der Waals surface area (Å²) in [5.41, 5.74) is 1.26. The molecular weight excluding hydrogens is 231 g/mol. The van der Waals surface area contributed by atoms with Crippen LogP contribution in [0.15, 0.2) is 48.5 Å². The third-order valence-electron chi connectivity index (χ3n) is 3.24. The number of aliphatic hydroxyl groups excluding tert-OH is 1. The number of aliphatic hydroxyl groups is 1. The van der Waals surface area contributed by atoms with Gasteiger partial charge >= 0.3 is 0 Å². The van der Waals surface area contributed by atoms with Crippen LogP contribution in [-0.4, -0.2) is 5.11 Å². The number of para-hydroxylation sites is 1. The van der Waals surface area contributed by atoms with E-state index in [4.69, 9.17) is 4.74 Å². The molecule has 2 aromatic carbocycles. The maximum absolute atomic E-state index is 13.7. The highest BCUT2D eigenvalue weighted by atomic mass is 19.1. The Hall–Kier alpha value is -1.87. The molecule has 0 saturated carbocycles. The molecule has 2 atom stereocenters. The van der Waals surface area contributed by atoms with E-state index < -0.39 is 12.2 Å². The van der Waals surface area contributed by atoms with Gasteiger partial charge in [0, 0.05) is 17.5 Å². The minimum atomic E-state index is -0.612. The zero-order chi connectivity index (χ0) is 12.5. The Labute approximate surface area is 105 Å². The van der Waals surface area contributed by atoms with Gasteiger partial charge in [0.05, 0.1) is 6.10 Å². The lowest BCUT2D eigenvalue weighted by atomic mass is 9.95. The van der Waals surface area contributed by atoms with Crippen LogP contribution >= 0.6 is 0 Å². The van der Waals surface area contributed by atoms with Crippen LogP contribution in [0, 0.1) is 5.82 Å². The molecule has 2 aromatic rings. The SMILES string of the molecule is O[C@H]1CC(c2ccccc2F)Oc2ccccc21. The van der Waals surface area contributed by atoms with Gasteiger partial charge in [-0.15, -0.1) is 0 Å². The first-order valence-electron chi connectivity index (χ1n) is 5.94. The topological polar surface area (TPSA) is 29.5 Å². The molecule has 0 aliphatic carbocycles. The average molecular weight is 244 g/mol. The smallest absolute Gasteiger partial charge is 0.130 e. The van der Waals surface area contributed by atoms with Crippen molar-refractivity contribution in [3.8, 4) is 5.75 Å². The highest BCUT2D eigenvalue weighted by Gasteiger charge is 2.29. The number of halogens is 1. The summed E-state index contributed by atoms with van der Waals surface area (Å²) in [5, 5.41) is 10.1. The molecule has 0 radical (unpaired) electrons. The average Bonchev–Trinajstić information content (AvgIpc) is 2.39. The van der Waals surface area contributed by atoms with Crippen molar-refractivity contribution in [1.29, 1.82) is 0 Å². The number of fused-ring (bicyclic) bond motifs is 1. The molecule has 2 nitrogen and oxygen atoms in total. The predicted octanol–water partition coefficient (Wildman–Crippen LogP) is 3.38. The van der Waals surface area contributed by atoms with Crippen molar-refractivity contribution in [2.45, 2.75) is 18.6 Å². The van der Waals surface area contributed by atoms with Gasteiger partial charge < -0.3 is 9.84 Å². The van der Waals surface area contributed by atoms with Crippen LogP contribution < -0.4 is 4.74 Å². The first kappa shape index (κ1) is 11.2. The van der Waals surface area contributed by atoms with E-state index in [-0.39, 0.29) is 5.82 Å². The number of rotatable bonds is 1. The monoisotopic (exact) mass is 244 g/mol. The van der Waals surface area contributed by atoms with Gasteiger partial charge in [-0.25, -0.2) is 4.39 Å². The Morgan fingerprint density at radius 3 is 2.44 bits per heavy atom. The molecule has 0 aromatic heterocycles. The van der Waals surface area contributed by atoms with Crippen LogP contribution in [0.25, 0.3) is 0 Å². The summed E-state index contributed by atoms with van der Waals surface area (Å²) >= 11 is 0. The van der Waals surface area contributed by atoms with Gasteiger partial charge in [-0.1, -0.05) is 36.4 Å². The molecule has 1 N–H and O–H groups in total. The molecule has 92 valence electrons.